The molecule has 0 bridgehead atoms. The van der Waals surface area contributed by atoms with Crippen LogP contribution in [-0.4, -0.2) is 57.0 Å². The molecular weight excluding hydrogens is 260 g/mol. The summed E-state index contributed by atoms with van der Waals surface area (Å²) in [6, 6.07) is -1.15. The molecule has 0 heterocycles. The number of aliphatic carboxylic acids is 1. The van der Waals surface area contributed by atoms with Crippen LogP contribution >= 0.6 is 0 Å². The molecule has 0 aliphatic carbocycles. The van der Waals surface area contributed by atoms with Crippen molar-refractivity contribution in [2.75, 3.05) is 25.6 Å². The van der Waals surface area contributed by atoms with Gasteiger partial charge in [-0.3, -0.25) is 4.79 Å². The number of hydrogen-bond donors (Lipinski definition) is 3. The summed E-state index contributed by atoms with van der Waals surface area (Å²) in [5, 5.41) is 14.1. The van der Waals surface area contributed by atoms with Crippen LogP contribution in [0.1, 0.15) is 19.3 Å². The Morgan fingerprint density at radius 3 is 2.39 bits per heavy atom. The number of amides is 1. The van der Waals surface area contributed by atoms with E-state index in [9.17, 15) is 18.0 Å². The van der Waals surface area contributed by atoms with Crippen LogP contribution in [0.25, 0.3) is 0 Å². The van der Waals surface area contributed by atoms with Crippen molar-refractivity contribution in [1.82, 2.24) is 10.6 Å². The summed E-state index contributed by atoms with van der Waals surface area (Å²) in [4.78, 5) is 22.3. The number of rotatable bonds is 9. The molecule has 7 nitrogen and oxygen atoms in total. The van der Waals surface area contributed by atoms with Crippen molar-refractivity contribution in [3.8, 4) is 0 Å². The minimum atomic E-state index is -3.23. The molecule has 8 heteroatoms. The smallest absolute Gasteiger partial charge is 0.326 e. The van der Waals surface area contributed by atoms with E-state index in [-0.39, 0.29) is 24.5 Å². The van der Waals surface area contributed by atoms with Gasteiger partial charge in [0.25, 0.3) is 0 Å². The average molecular weight is 280 g/mol. The van der Waals surface area contributed by atoms with Gasteiger partial charge in [-0.15, -0.1) is 0 Å². The van der Waals surface area contributed by atoms with Crippen LogP contribution in [0.3, 0.4) is 0 Å². The van der Waals surface area contributed by atoms with Crippen molar-refractivity contribution in [3.63, 3.8) is 0 Å². The second kappa shape index (κ2) is 8.04. The summed E-state index contributed by atoms with van der Waals surface area (Å²) < 4.78 is 21.9. The summed E-state index contributed by atoms with van der Waals surface area (Å²) in [6.07, 6.45) is 1.72. The van der Waals surface area contributed by atoms with Crippen LogP contribution in [0.15, 0.2) is 0 Å². The number of carboxylic acid groups (broad SMARTS) is 1. The van der Waals surface area contributed by atoms with E-state index in [0.717, 1.165) is 6.26 Å². The van der Waals surface area contributed by atoms with Crippen molar-refractivity contribution in [3.05, 3.63) is 0 Å². The van der Waals surface area contributed by atoms with Gasteiger partial charge in [0, 0.05) is 12.7 Å². The third-order valence-corrected chi connectivity index (χ3v) is 3.22. The van der Waals surface area contributed by atoms with E-state index in [1.807, 2.05) is 0 Å². The van der Waals surface area contributed by atoms with Gasteiger partial charge in [-0.1, -0.05) is 0 Å². The highest BCUT2D eigenvalue weighted by atomic mass is 32.2. The molecule has 1 amide bonds. The van der Waals surface area contributed by atoms with E-state index in [4.69, 9.17) is 5.11 Å². The molecule has 1 atom stereocenters. The highest BCUT2D eigenvalue weighted by Gasteiger charge is 2.21. The Hall–Kier alpha value is -1.15. The Balaban J connectivity index is 4.19. The largest absolute Gasteiger partial charge is 0.480 e. The first-order chi connectivity index (χ1) is 8.26. The van der Waals surface area contributed by atoms with Gasteiger partial charge in [0.2, 0.25) is 5.91 Å². The molecule has 0 saturated heterocycles. The Morgan fingerprint density at radius 2 is 1.94 bits per heavy atom. The topological polar surface area (TPSA) is 113 Å². The van der Waals surface area contributed by atoms with Gasteiger partial charge in [-0.25, -0.2) is 13.2 Å². The predicted molar refractivity (Wildman–Crippen MR) is 67.1 cm³/mol. The van der Waals surface area contributed by atoms with E-state index in [1.165, 1.54) is 0 Å². The van der Waals surface area contributed by atoms with Gasteiger partial charge in [0.1, 0.15) is 15.9 Å². The Labute approximate surface area is 107 Å². The first kappa shape index (κ1) is 16.9. The lowest BCUT2D eigenvalue weighted by atomic mass is 10.2. The molecule has 0 aromatic rings. The fourth-order valence-corrected chi connectivity index (χ4v) is 1.95. The van der Waals surface area contributed by atoms with Gasteiger partial charge in [-0.2, -0.15) is 0 Å². The SMILES string of the molecule is CNCCCC(=O)NC(CCS(C)(=O)=O)C(=O)O. The van der Waals surface area contributed by atoms with E-state index < -0.39 is 21.8 Å². The van der Waals surface area contributed by atoms with Crippen molar-refractivity contribution < 1.29 is 23.1 Å². The van der Waals surface area contributed by atoms with Gasteiger partial charge < -0.3 is 15.7 Å². The lowest BCUT2D eigenvalue weighted by Crippen LogP contribution is -2.42. The van der Waals surface area contributed by atoms with Crippen LogP contribution in [0.4, 0.5) is 0 Å². The summed E-state index contributed by atoms with van der Waals surface area (Å²) in [7, 11) is -1.48. The second-order valence-electron chi connectivity index (χ2n) is 4.08. The predicted octanol–water partition coefficient (Wildman–Crippen LogP) is -1.01. The molecule has 0 spiro atoms. The molecule has 0 aliphatic rings. The lowest BCUT2D eigenvalue weighted by molar-refractivity contribution is -0.141. The fraction of sp³-hybridized carbons (Fsp3) is 0.800. The number of carbonyl (C=O) groups excluding carboxylic acids is 1. The maximum Gasteiger partial charge on any atom is 0.326 e. The van der Waals surface area contributed by atoms with Crippen molar-refractivity contribution in [2.45, 2.75) is 25.3 Å². The number of hydrogen-bond acceptors (Lipinski definition) is 5. The molecule has 1 unspecified atom stereocenters. The monoisotopic (exact) mass is 280 g/mol. The van der Waals surface area contributed by atoms with E-state index in [0.29, 0.717) is 13.0 Å². The van der Waals surface area contributed by atoms with Crippen molar-refractivity contribution >= 4 is 21.7 Å². The third kappa shape index (κ3) is 8.94. The Bertz CT molecular complexity index is 380. The third-order valence-electron chi connectivity index (χ3n) is 2.24. The fourth-order valence-electron chi connectivity index (χ4n) is 1.28. The first-order valence-corrected chi connectivity index (χ1v) is 7.67. The number of carboxylic acids is 1. The quantitative estimate of drug-likeness (QED) is 0.466. The number of nitrogens with one attached hydrogen (secondary N) is 2. The van der Waals surface area contributed by atoms with E-state index >= 15 is 0 Å². The van der Waals surface area contributed by atoms with E-state index in [2.05, 4.69) is 10.6 Å². The first-order valence-electron chi connectivity index (χ1n) is 5.60. The Morgan fingerprint density at radius 1 is 1.33 bits per heavy atom. The molecular formula is C10H20N2O5S. The molecule has 0 aromatic heterocycles. The van der Waals surface area contributed by atoms with Crippen molar-refractivity contribution in [1.29, 1.82) is 0 Å². The van der Waals surface area contributed by atoms with Crippen LogP contribution in [-0.2, 0) is 19.4 Å². The summed E-state index contributed by atoms with van der Waals surface area (Å²) in [5.74, 6) is -1.87. The average Bonchev–Trinajstić information content (AvgIpc) is 2.22. The van der Waals surface area contributed by atoms with Gasteiger partial charge in [0.05, 0.1) is 5.75 Å². The van der Waals surface area contributed by atoms with Crippen LogP contribution < -0.4 is 10.6 Å². The lowest BCUT2D eigenvalue weighted by Gasteiger charge is -2.13. The molecule has 0 saturated carbocycles. The molecule has 106 valence electrons. The zero-order chi connectivity index (χ0) is 14.2. The molecule has 18 heavy (non-hydrogen) atoms. The van der Waals surface area contributed by atoms with Gasteiger partial charge in [0.15, 0.2) is 0 Å². The summed E-state index contributed by atoms with van der Waals surface area (Å²) in [5.41, 5.74) is 0. The zero-order valence-corrected chi connectivity index (χ0v) is 11.4. The standard InChI is InChI=1S/C10H20N2O5S/c1-11-6-3-4-9(13)12-8(10(14)15)5-7-18(2,16)17/h8,11H,3-7H2,1-2H3,(H,12,13)(H,14,15). The maximum absolute atomic E-state index is 11.4. The number of sulfone groups is 1. The minimum absolute atomic E-state index is 0.119. The molecule has 0 aromatic carbocycles. The van der Waals surface area contributed by atoms with Crippen LogP contribution in [0.2, 0.25) is 0 Å². The van der Waals surface area contributed by atoms with Crippen molar-refractivity contribution in [2.24, 2.45) is 0 Å². The van der Waals surface area contributed by atoms with Gasteiger partial charge >= 0.3 is 5.97 Å². The van der Waals surface area contributed by atoms with Gasteiger partial charge in [-0.05, 0) is 26.4 Å². The van der Waals surface area contributed by atoms with E-state index in [1.54, 1.807) is 7.05 Å². The second-order valence-corrected chi connectivity index (χ2v) is 6.34. The minimum Gasteiger partial charge on any atom is -0.480 e. The molecule has 3 N–H and O–H groups in total. The molecule has 0 rings (SSSR count). The number of carbonyl (C=O) groups is 2. The Kier molecular flexibility index (Phi) is 7.53. The summed E-state index contributed by atoms with van der Waals surface area (Å²) in [6.45, 7) is 0.661. The zero-order valence-electron chi connectivity index (χ0n) is 10.6. The highest BCUT2D eigenvalue weighted by Crippen LogP contribution is 1.98. The molecule has 0 aliphatic heterocycles. The molecule has 0 fully saturated rings. The molecule has 0 radical (unpaired) electrons. The highest BCUT2D eigenvalue weighted by molar-refractivity contribution is 7.90. The normalized spacial score (nSPS) is 13.0. The van der Waals surface area contributed by atoms with Crippen LogP contribution in [0.5, 0.6) is 0 Å². The summed E-state index contributed by atoms with van der Waals surface area (Å²) >= 11 is 0. The maximum atomic E-state index is 11.4. The van der Waals surface area contributed by atoms with Crippen LogP contribution in [0, 0.1) is 0 Å².